The van der Waals surface area contributed by atoms with Gasteiger partial charge in [0.05, 0.1) is 22.1 Å². The van der Waals surface area contributed by atoms with Gasteiger partial charge in [0.15, 0.2) is 0 Å². The van der Waals surface area contributed by atoms with Crippen molar-refractivity contribution in [2.45, 2.75) is 13.0 Å². The fraction of sp³-hybridized carbons (Fsp3) is 0.167. The lowest BCUT2D eigenvalue weighted by atomic mass is 10.1. The number of nitrogens with two attached hydrogens (primary N) is 1. The van der Waals surface area contributed by atoms with Crippen LogP contribution in [0.4, 0.5) is 5.69 Å². The summed E-state index contributed by atoms with van der Waals surface area (Å²) >= 11 is 7.46. The molecule has 94 valence electrons. The Morgan fingerprint density at radius 3 is 2.94 bits per heavy atom. The zero-order valence-corrected chi connectivity index (χ0v) is 11.3. The molecule has 1 atom stereocenters. The van der Waals surface area contributed by atoms with Gasteiger partial charge in [-0.3, -0.25) is 9.78 Å². The molecule has 0 aliphatic carbocycles. The number of hydrogen-bond acceptors (Lipinski definition) is 4. The lowest BCUT2D eigenvalue weighted by molar-refractivity contribution is 0.100. The standard InChI is InChI=1S/C12H12ClN3OS/c1-7(11-5-15-6-18-11)16-8-2-3-10(13)9(4-8)12(14)17/h2-7,16H,1H3,(H2,14,17). The van der Waals surface area contributed by atoms with Crippen molar-refractivity contribution in [3.8, 4) is 0 Å². The van der Waals surface area contributed by atoms with E-state index in [9.17, 15) is 4.79 Å². The van der Waals surface area contributed by atoms with E-state index in [1.165, 1.54) is 0 Å². The minimum atomic E-state index is -0.533. The smallest absolute Gasteiger partial charge is 0.250 e. The third-order valence-corrected chi connectivity index (χ3v) is 3.78. The molecule has 18 heavy (non-hydrogen) atoms. The summed E-state index contributed by atoms with van der Waals surface area (Å²) in [5.41, 5.74) is 8.15. The maximum absolute atomic E-state index is 11.2. The van der Waals surface area contributed by atoms with Crippen molar-refractivity contribution >= 4 is 34.5 Å². The molecule has 4 nitrogen and oxygen atoms in total. The van der Waals surface area contributed by atoms with Gasteiger partial charge in [-0.15, -0.1) is 11.3 Å². The number of anilines is 1. The Kier molecular flexibility index (Phi) is 3.84. The molecule has 0 radical (unpaired) electrons. The third-order valence-electron chi connectivity index (χ3n) is 2.49. The van der Waals surface area contributed by atoms with Crippen LogP contribution in [0, 0.1) is 0 Å². The first-order valence-electron chi connectivity index (χ1n) is 5.32. The third kappa shape index (κ3) is 2.80. The zero-order valence-electron chi connectivity index (χ0n) is 9.68. The Balaban J connectivity index is 2.20. The highest BCUT2D eigenvalue weighted by atomic mass is 35.5. The first-order valence-corrected chi connectivity index (χ1v) is 6.58. The minimum absolute atomic E-state index is 0.111. The lowest BCUT2D eigenvalue weighted by Gasteiger charge is -2.14. The number of primary amides is 1. The van der Waals surface area contributed by atoms with Crippen molar-refractivity contribution in [2.24, 2.45) is 5.73 Å². The number of thiazole rings is 1. The number of carbonyl (C=O) groups is 1. The average Bonchev–Trinajstić information content (AvgIpc) is 2.85. The summed E-state index contributed by atoms with van der Waals surface area (Å²) in [6.07, 6.45) is 1.81. The molecule has 2 aromatic rings. The average molecular weight is 282 g/mol. The van der Waals surface area contributed by atoms with E-state index in [0.717, 1.165) is 10.6 Å². The topological polar surface area (TPSA) is 68.0 Å². The van der Waals surface area contributed by atoms with Crippen molar-refractivity contribution in [3.05, 3.63) is 45.4 Å². The van der Waals surface area contributed by atoms with Crippen LogP contribution >= 0.6 is 22.9 Å². The summed E-state index contributed by atoms with van der Waals surface area (Å²) in [5.74, 6) is -0.533. The Hall–Kier alpha value is -1.59. The molecule has 1 aromatic carbocycles. The van der Waals surface area contributed by atoms with Gasteiger partial charge in [0, 0.05) is 16.8 Å². The largest absolute Gasteiger partial charge is 0.378 e. The van der Waals surface area contributed by atoms with E-state index in [1.807, 2.05) is 19.2 Å². The highest BCUT2D eigenvalue weighted by Gasteiger charge is 2.10. The van der Waals surface area contributed by atoms with E-state index in [2.05, 4.69) is 10.3 Å². The van der Waals surface area contributed by atoms with Crippen LogP contribution in [-0.4, -0.2) is 10.9 Å². The molecule has 0 saturated carbocycles. The van der Waals surface area contributed by atoms with Gasteiger partial charge in [-0.25, -0.2) is 0 Å². The molecule has 0 aliphatic rings. The zero-order chi connectivity index (χ0) is 13.1. The van der Waals surface area contributed by atoms with E-state index in [4.69, 9.17) is 17.3 Å². The first kappa shape index (κ1) is 12.9. The minimum Gasteiger partial charge on any atom is -0.378 e. The van der Waals surface area contributed by atoms with Crippen molar-refractivity contribution < 1.29 is 4.79 Å². The second-order valence-electron chi connectivity index (χ2n) is 3.83. The van der Waals surface area contributed by atoms with Gasteiger partial charge in [-0.05, 0) is 25.1 Å². The number of aromatic nitrogens is 1. The molecule has 0 fully saturated rings. The monoisotopic (exact) mass is 281 g/mol. The van der Waals surface area contributed by atoms with E-state index in [0.29, 0.717) is 10.6 Å². The maximum Gasteiger partial charge on any atom is 0.250 e. The lowest BCUT2D eigenvalue weighted by Crippen LogP contribution is -2.12. The van der Waals surface area contributed by atoms with E-state index < -0.39 is 5.91 Å². The van der Waals surface area contributed by atoms with Crippen molar-refractivity contribution in [1.29, 1.82) is 0 Å². The number of halogens is 1. The van der Waals surface area contributed by atoms with Crippen LogP contribution in [0.2, 0.25) is 5.02 Å². The van der Waals surface area contributed by atoms with Gasteiger partial charge < -0.3 is 11.1 Å². The number of nitrogens with one attached hydrogen (secondary N) is 1. The molecule has 1 aromatic heterocycles. The van der Waals surface area contributed by atoms with Gasteiger partial charge in [0.25, 0.3) is 0 Å². The summed E-state index contributed by atoms with van der Waals surface area (Å²) in [6, 6.07) is 5.23. The van der Waals surface area contributed by atoms with Crippen LogP contribution < -0.4 is 11.1 Å². The second-order valence-corrected chi connectivity index (χ2v) is 5.15. The number of carbonyl (C=O) groups excluding carboxylic acids is 1. The van der Waals surface area contributed by atoms with Gasteiger partial charge in [-0.1, -0.05) is 11.6 Å². The van der Waals surface area contributed by atoms with Gasteiger partial charge >= 0.3 is 0 Å². The molecule has 3 N–H and O–H groups in total. The van der Waals surface area contributed by atoms with Crippen molar-refractivity contribution in [1.82, 2.24) is 4.98 Å². The van der Waals surface area contributed by atoms with Gasteiger partial charge in [0.2, 0.25) is 5.91 Å². The highest BCUT2D eigenvalue weighted by Crippen LogP contribution is 2.25. The molecule has 0 spiro atoms. The molecule has 6 heteroatoms. The molecule has 0 saturated heterocycles. The van der Waals surface area contributed by atoms with Gasteiger partial charge in [-0.2, -0.15) is 0 Å². The highest BCUT2D eigenvalue weighted by molar-refractivity contribution is 7.09. The van der Waals surface area contributed by atoms with Crippen LogP contribution in [-0.2, 0) is 0 Å². The second kappa shape index (κ2) is 5.37. The van der Waals surface area contributed by atoms with E-state index >= 15 is 0 Å². The molecule has 1 amide bonds. The molecular formula is C12H12ClN3OS. The number of amides is 1. The predicted molar refractivity (Wildman–Crippen MR) is 74.1 cm³/mol. The van der Waals surface area contributed by atoms with Crippen LogP contribution in [0.5, 0.6) is 0 Å². The van der Waals surface area contributed by atoms with Crippen LogP contribution in [0.15, 0.2) is 29.9 Å². The molecular weight excluding hydrogens is 270 g/mol. The van der Waals surface area contributed by atoms with Gasteiger partial charge in [0.1, 0.15) is 0 Å². The van der Waals surface area contributed by atoms with E-state index in [-0.39, 0.29) is 6.04 Å². The molecule has 0 bridgehead atoms. The predicted octanol–water partition coefficient (Wildman–Crippen LogP) is 3.07. The quantitative estimate of drug-likeness (QED) is 0.905. The normalized spacial score (nSPS) is 12.1. The Labute approximate surface area is 114 Å². The Bertz CT molecular complexity index is 556. The SMILES string of the molecule is CC(Nc1ccc(Cl)c(C(N)=O)c1)c1cncs1. The van der Waals surface area contributed by atoms with Crippen LogP contribution in [0.3, 0.4) is 0 Å². The summed E-state index contributed by atoms with van der Waals surface area (Å²) in [4.78, 5) is 16.3. The summed E-state index contributed by atoms with van der Waals surface area (Å²) in [5, 5.41) is 3.63. The molecule has 1 heterocycles. The molecule has 1 unspecified atom stereocenters. The molecule has 0 aliphatic heterocycles. The fourth-order valence-corrected chi connectivity index (χ4v) is 2.40. The summed E-state index contributed by atoms with van der Waals surface area (Å²) in [6.45, 7) is 2.02. The van der Waals surface area contributed by atoms with Crippen molar-refractivity contribution in [2.75, 3.05) is 5.32 Å². The maximum atomic E-state index is 11.2. The Morgan fingerprint density at radius 2 is 2.33 bits per heavy atom. The number of hydrogen-bond donors (Lipinski definition) is 2. The van der Waals surface area contributed by atoms with Crippen LogP contribution in [0.1, 0.15) is 28.2 Å². The van der Waals surface area contributed by atoms with Crippen LogP contribution in [0.25, 0.3) is 0 Å². The number of rotatable bonds is 4. The van der Waals surface area contributed by atoms with Crippen molar-refractivity contribution in [3.63, 3.8) is 0 Å². The van der Waals surface area contributed by atoms with E-state index in [1.54, 1.807) is 29.0 Å². The Morgan fingerprint density at radius 1 is 1.56 bits per heavy atom. The number of benzene rings is 1. The fourth-order valence-electron chi connectivity index (χ4n) is 1.56. The first-order chi connectivity index (χ1) is 8.58. The summed E-state index contributed by atoms with van der Waals surface area (Å²) in [7, 11) is 0. The molecule has 2 rings (SSSR count). The summed E-state index contributed by atoms with van der Waals surface area (Å²) < 4.78 is 0. The number of nitrogens with zero attached hydrogens (tertiary/aromatic N) is 1.